The molecule has 1 atom stereocenters. The van der Waals surface area contributed by atoms with Crippen molar-refractivity contribution in [3.05, 3.63) is 58.8 Å². The summed E-state index contributed by atoms with van der Waals surface area (Å²) in [6, 6.07) is 8.00. The van der Waals surface area contributed by atoms with Crippen molar-refractivity contribution in [3.8, 4) is 0 Å². The van der Waals surface area contributed by atoms with Gasteiger partial charge in [0.2, 0.25) is 0 Å². The molecule has 0 aliphatic carbocycles. The molecule has 0 bridgehead atoms. The molecule has 16 heavy (non-hydrogen) atoms. The third-order valence-corrected chi connectivity index (χ3v) is 2.74. The average molecular weight is 240 g/mol. The van der Waals surface area contributed by atoms with Crippen molar-refractivity contribution in [3.63, 3.8) is 0 Å². The molecule has 0 saturated heterocycles. The summed E-state index contributed by atoms with van der Waals surface area (Å²) in [5.41, 5.74) is 1.61. The van der Waals surface area contributed by atoms with Crippen LogP contribution in [0, 0.1) is 5.82 Å². The maximum Gasteiger partial charge on any atom is 0.198 e. The summed E-state index contributed by atoms with van der Waals surface area (Å²) < 4.78 is 18.2. The van der Waals surface area contributed by atoms with Gasteiger partial charge in [-0.2, -0.15) is 0 Å². The number of benzene rings is 1. The lowest BCUT2D eigenvalue weighted by atomic mass is 10.0. The summed E-state index contributed by atoms with van der Waals surface area (Å²) in [5.74, 6) is -0.266. The number of hydrogen-bond acceptors (Lipinski definition) is 2. The van der Waals surface area contributed by atoms with Gasteiger partial charge in [-0.3, -0.25) is 0 Å². The van der Waals surface area contributed by atoms with Gasteiger partial charge >= 0.3 is 0 Å². The van der Waals surface area contributed by atoms with E-state index in [1.807, 2.05) is 6.07 Å². The first kappa shape index (κ1) is 11.2. The Hall–Kier alpha value is -1.32. The molecule has 1 unspecified atom stereocenters. The van der Waals surface area contributed by atoms with Gasteiger partial charge in [0.05, 0.1) is 12.3 Å². The molecule has 2 nitrogen and oxygen atoms in total. The van der Waals surface area contributed by atoms with Crippen LogP contribution < -0.4 is 5.32 Å². The molecule has 2 rings (SSSR count). The van der Waals surface area contributed by atoms with Crippen LogP contribution in [0.5, 0.6) is 0 Å². The third-order valence-electron chi connectivity index (χ3n) is 2.43. The Kier molecular flexibility index (Phi) is 3.27. The van der Waals surface area contributed by atoms with Crippen LogP contribution in [0.4, 0.5) is 4.39 Å². The molecule has 1 aromatic carbocycles. The topological polar surface area (TPSA) is 25.2 Å². The highest BCUT2D eigenvalue weighted by atomic mass is 35.5. The van der Waals surface area contributed by atoms with Crippen LogP contribution in [0.2, 0.25) is 5.22 Å². The maximum atomic E-state index is 13.1. The first-order valence-corrected chi connectivity index (χ1v) is 5.26. The van der Waals surface area contributed by atoms with Gasteiger partial charge in [0, 0.05) is 5.56 Å². The Morgan fingerprint density at radius 1 is 1.38 bits per heavy atom. The summed E-state index contributed by atoms with van der Waals surface area (Å²) >= 11 is 5.90. The number of rotatable bonds is 3. The minimum atomic E-state index is -0.266. The summed E-state index contributed by atoms with van der Waals surface area (Å²) in [5, 5.41) is 3.40. The van der Waals surface area contributed by atoms with Crippen molar-refractivity contribution in [2.24, 2.45) is 0 Å². The molecule has 0 fully saturated rings. The third kappa shape index (κ3) is 2.10. The second-order valence-corrected chi connectivity index (χ2v) is 3.77. The van der Waals surface area contributed by atoms with Crippen molar-refractivity contribution in [2.75, 3.05) is 7.05 Å². The summed E-state index contributed by atoms with van der Waals surface area (Å²) in [7, 11) is 1.79. The monoisotopic (exact) mass is 239 g/mol. The minimum absolute atomic E-state index is 0.165. The lowest BCUT2D eigenvalue weighted by Gasteiger charge is -2.15. The predicted molar refractivity (Wildman–Crippen MR) is 61.0 cm³/mol. The molecule has 0 saturated carbocycles. The van der Waals surface area contributed by atoms with Crippen LogP contribution in [0.25, 0.3) is 0 Å². The highest BCUT2D eigenvalue weighted by molar-refractivity contribution is 6.29. The fraction of sp³-hybridized carbons (Fsp3) is 0.167. The highest BCUT2D eigenvalue weighted by Crippen LogP contribution is 2.29. The van der Waals surface area contributed by atoms with E-state index in [4.69, 9.17) is 16.0 Å². The van der Waals surface area contributed by atoms with Crippen molar-refractivity contribution in [1.82, 2.24) is 5.32 Å². The van der Waals surface area contributed by atoms with Crippen LogP contribution in [0.3, 0.4) is 0 Å². The van der Waals surface area contributed by atoms with E-state index in [2.05, 4.69) is 5.32 Å². The number of furan rings is 1. The molecule has 0 aliphatic rings. The molecule has 1 N–H and O–H groups in total. The molecule has 0 amide bonds. The van der Waals surface area contributed by atoms with Gasteiger partial charge in [0.1, 0.15) is 5.82 Å². The summed E-state index contributed by atoms with van der Waals surface area (Å²) in [6.45, 7) is 0. The molecule has 1 aromatic heterocycles. The smallest absolute Gasteiger partial charge is 0.198 e. The lowest BCUT2D eigenvalue weighted by molar-refractivity contribution is 0.558. The minimum Gasteiger partial charge on any atom is -0.453 e. The van der Waals surface area contributed by atoms with Crippen molar-refractivity contribution >= 4 is 11.6 Å². The fourth-order valence-electron chi connectivity index (χ4n) is 1.70. The zero-order valence-corrected chi connectivity index (χ0v) is 9.46. The van der Waals surface area contributed by atoms with E-state index in [0.29, 0.717) is 5.22 Å². The van der Waals surface area contributed by atoms with E-state index in [1.165, 1.54) is 18.4 Å². The zero-order valence-electron chi connectivity index (χ0n) is 8.71. The second kappa shape index (κ2) is 4.68. The predicted octanol–water partition coefficient (Wildman–Crippen LogP) is 3.38. The van der Waals surface area contributed by atoms with Gasteiger partial charge in [-0.25, -0.2) is 4.39 Å². The molecule has 4 heteroatoms. The molecular formula is C12H11ClFNO. The Morgan fingerprint density at radius 3 is 2.75 bits per heavy atom. The molecular weight excluding hydrogens is 229 g/mol. The lowest BCUT2D eigenvalue weighted by Crippen LogP contribution is -2.17. The van der Waals surface area contributed by atoms with Gasteiger partial charge in [0.25, 0.3) is 0 Å². The van der Waals surface area contributed by atoms with Crippen molar-refractivity contribution in [2.45, 2.75) is 6.04 Å². The fourth-order valence-corrected chi connectivity index (χ4v) is 1.92. The van der Waals surface area contributed by atoms with E-state index in [-0.39, 0.29) is 11.9 Å². The van der Waals surface area contributed by atoms with Crippen LogP contribution in [-0.4, -0.2) is 7.05 Å². The standard InChI is InChI=1S/C12H11ClFNO/c1-15-11(10-5-6-16-12(10)13)8-3-2-4-9(14)7-8/h2-7,11,15H,1H3. The van der Waals surface area contributed by atoms with Crippen LogP contribution in [-0.2, 0) is 0 Å². The summed E-state index contributed by atoms with van der Waals surface area (Å²) in [6.07, 6.45) is 1.52. The average Bonchev–Trinajstić information content (AvgIpc) is 2.67. The maximum absolute atomic E-state index is 13.1. The van der Waals surface area contributed by atoms with E-state index in [1.54, 1.807) is 19.2 Å². The zero-order chi connectivity index (χ0) is 11.5. The van der Waals surface area contributed by atoms with Gasteiger partial charge in [-0.05, 0) is 42.4 Å². The van der Waals surface area contributed by atoms with Crippen LogP contribution >= 0.6 is 11.6 Å². The quantitative estimate of drug-likeness (QED) is 0.888. The van der Waals surface area contributed by atoms with Crippen LogP contribution in [0.1, 0.15) is 17.2 Å². The Balaban J connectivity index is 2.40. The number of hydrogen-bond donors (Lipinski definition) is 1. The van der Waals surface area contributed by atoms with E-state index in [0.717, 1.165) is 11.1 Å². The number of halogens is 2. The molecule has 0 aliphatic heterocycles. The van der Waals surface area contributed by atoms with Gasteiger partial charge in [-0.15, -0.1) is 0 Å². The van der Waals surface area contributed by atoms with E-state index in [9.17, 15) is 4.39 Å². The normalized spacial score (nSPS) is 12.7. The number of nitrogens with one attached hydrogen (secondary N) is 1. The molecule has 0 radical (unpaired) electrons. The largest absolute Gasteiger partial charge is 0.453 e. The first-order valence-electron chi connectivity index (χ1n) is 4.88. The van der Waals surface area contributed by atoms with Gasteiger partial charge < -0.3 is 9.73 Å². The van der Waals surface area contributed by atoms with E-state index < -0.39 is 0 Å². The van der Waals surface area contributed by atoms with Gasteiger partial charge in [-0.1, -0.05) is 12.1 Å². The Labute approximate surface area is 98.0 Å². The molecule has 0 spiro atoms. The van der Waals surface area contributed by atoms with Crippen molar-refractivity contribution < 1.29 is 8.81 Å². The SMILES string of the molecule is CNC(c1cccc(F)c1)c1ccoc1Cl. The summed E-state index contributed by atoms with van der Waals surface area (Å²) in [4.78, 5) is 0. The van der Waals surface area contributed by atoms with Gasteiger partial charge in [0.15, 0.2) is 5.22 Å². The first-order chi connectivity index (χ1) is 7.72. The van der Waals surface area contributed by atoms with E-state index >= 15 is 0 Å². The Morgan fingerprint density at radius 2 is 2.19 bits per heavy atom. The Bertz CT molecular complexity index is 483. The van der Waals surface area contributed by atoms with Crippen LogP contribution in [0.15, 0.2) is 41.0 Å². The van der Waals surface area contributed by atoms with Crippen molar-refractivity contribution in [1.29, 1.82) is 0 Å². The molecule has 1 heterocycles. The molecule has 2 aromatic rings. The molecule has 84 valence electrons. The second-order valence-electron chi connectivity index (χ2n) is 3.43. The highest BCUT2D eigenvalue weighted by Gasteiger charge is 2.17.